The molecule has 0 atom stereocenters. The van der Waals surface area contributed by atoms with Gasteiger partial charge in [0.25, 0.3) is 5.91 Å². The molecule has 2 rings (SSSR count). The van der Waals surface area contributed by atoms with E-state index in [-0.39, 0.29) is 5.91 Å². The fraction of sp³-hybridized carbons (Fsp3) is 0.188. The highest BCUT2D eigenvalue weighted by atomic mass is 16.5. The lowest BCUT2D eigenvalue weighted by atomic mass is 10.1. The Morgan fingerprint density at radius 2 is 1.50 bits per heavy atom. The van der Waals surface area contributed by atoms with Crippen LogP contribution in [0.4, 0.5) is 5.69 Å². The molecule has 1 amide bonds. The maximum atomic E-state index is 12.2. The van der Waals surface area contributed by atoms with Crippen LogP contribution in [-0.4, -0.2) is 20.1 Å². The van der Waals surface area contributed by atoms with Gasteiger partial charge in [-0.2, -0.15) is 0 Å². The van der Waals surface area contributed by atoms with Crippen LogP contribution in [0.1, 0.15) is 15.9 Å². The molecule has 0 radical (unpaired) electrons. The third kappa shape index (κ3) is 3.29. The zero-order valence-corrected chi connectivity index (χ0v) is 11.8. The largest absolute Gasteiger partial charge is 0.497 e. The average molecular weight is 271 g/mol. The van der Waals surface area contributed by atoms with E-state index in [2.05, 4.69) is 5.32 Å². The Bertz CT molecular complexity index is 583. The normalized spacial score (nSPS) is 9.95. The summed E-state index contributed by atoms with van der Waals surface area (Å²) < 4.78 is 10.3. The van der Waals surface area contributed by atoms with E-state index in [0.29, 0.717) is 17.1 Å². The zero-order chi connectivity index (χ0) is 14.5. The van der Waals surface area contributed by atoms with E-state index in [9.17, 15) is 4.79 Å². The predicted octanol–water partition coefficient (Wildman–Crippen LogP) is 3.26. The van der Waals surface area contributed by atoms with Crippen molar-refractivity contribution in [1.29, 1.82) is 0 Å². The Hall–Kier alpha value is -2.49. The van der Waals surface area contributed by atoms with E-state index in [1.807, 2.05) is 31.2 Å². The molecule has 0 aliphatic carbocycles. The van der Waals surface area contributed by atoms with Crippen LogP contribution < -0.4 is 14.8 Å². The smallest absolute Gasteiger partial charge is 0.255 e. The molecule has 0 bridgehead atoms. The van der Waals surface area contributed by atoms with Gasteiger partial charge in [-0.25, -0.2) is 0 Å². The van der Waals surface area contributed by atoms with Crippen molar-refractivity contribution in [3.8, 4) is 11.5 Å². The van der Waals surface area contributed by atoms with E-state index in [0.717, 1.165) is 11.3 Å². The second-order valence-electron chi connectivity index (χ2n) is 4.42. The number of nitrogens with one attached hydrogen (secondary N) is 1. The van der Waals surface area contributed by atoms with Gasteiger partial charge < -0.3 is 14.8 Å². The first kappa shape index (κ1) is 13.9. The minimum atomic E-state index is -0.203. The summed E-state index contributed by atoms with van der Waals surface area (Å²) in [6.45, 7) is 2.00. The van der Waals surface area contributed by atoms with Crippen LogP contribution in [0.2, 0.25) is 0 Å². The van der Waals surface area contributed by atoms with Gasteiger partial charge in [-0.15, -0.1) is 0 Å². The molecule has 0 saturated heterocycles. The Labute approximate surface area is 118 Å². The number of rotatable bonds is 4. The third-order valence-electron chi connectivity index (χ3n) is 2.92. The molecule has 2 aromatic rings. The number of amides is 1. The SMILES string of the molecule is COc1cc(OC)cc(C(=O)Nc2ccc(C)cc2)c1. The maximum absolute atomic E-state index is 12.2. The van der Waals surface area contributed by atoms with E-state index in [4.69, 9.17) is 9.47 Å². The number of methoxy groups -OCH3 is 2. The Kier molecular flexibility index (Phi) is 4.25. The first-order valence-electron chi connectivity index (χ1n) is 6.23. The molecule has 0 aliphatic heterocycles. The maximum Gasteiger partial charge on any atom is 0.255 e. The molecule has 104 valence electrons. The fourth-order valence-electron chi connectivity index (χ4n) is 1.78. The first-order chi connectivity index (χ1) is 9.62. The number of hydrogen-bond donors (Lipinski definition) is 1. The fourth-order valence-corrected chi connectivity index (χ4v) is 1.78. The van der Waals surface area contributed by atoms with E-state index < -0.39 is 0 Å². The van der Waals surface area contributed by atoms with E-state index in [1.54, 1.807) is 32.4 Å². The lowest BCUT2D eigenvalue weighted by Crippen LogP contribution is -2.12. The molecular weight excluding hydrogens is 254 g/mol. The van der Waals surface area contributed by atoms with E-state index in [1.165, 1.54) is 0 Å². The molecule has 2 aromatic carbocycles. The van der Waals surface area contributed by atoms with E-state index >= 15 is 0 Å². The van der Waals surface area contributed by atoms with Crippen molar-refractivity contribution in [2.24, 2.45) is 0 Å². The topological polar surface area (TPSA) is 47.6 Å². The first-order valence-corrected chi connectivity index (χ1v) is 6.23. The van der Waals surface area contributed by atoms with Crippen LogP contribution in [0.15, 0.2) is 42.5 Å². The number of anilines is 1. The number of hydrogen-bond acceptors (Lipinski definition) is 3. The monoisotopic (exact) mass is 271 g/mol. The molecule has 0 aliphatic rings. The lowest BCUT2D eigenvalue weighted by Gasteiger charge is -2.09. The molecule has 20 heavy (non-hydrogen) atoms. The van der Waals surface area contributed by atoms with Gasteiger partial charge >= 0.3 is 0 Å². The predicted molar refractivity (Wildman–Crippen MR) is 78.7 cm³/mol. The molecule has 0 spiro atoms. The number of carbonyl (C=O) groups excluding carboxylic acids is 1. The van der Waals surface area contributed by atoms with Crippen molar-refractivity contribution in [2.45, 2.75) is 6.92 Å². The summed E-state index contributed by atoms with van der Waals surface area (Å²) in [5.41, 5.74) is 2.38. The molecule has 0 fully saturated rings. The highest BCUT2D eigenvalue weighted by Crippen LogP contribution is 2.23. The van der Waals surface area contributed by atoms with Gasteiger partial charge in [0.2, 0.25) is 0 Å². The van der Waals surface area contributed by atoms with Crippen molar-refractivity contribution >= 4 is 11.6 Å². The molecule has 0 saturated carbocycles. The third-order valence-corrected chi connectivity index (χ3v) is 2.92. The van der Waals surface area contributed by atoms with Crippen LogP contribution in [0.5, 0.6) is 11.5 Å². The summed E-state index contributed by atoms with van der Waals surface area (Å²) in [6, 6.07) is 12.7. The van der Waals surface area contributed by atoms with Crippen LogP contribution in [0.25, 0.3) is 0 Å². The van der Waals surface area contributed by atoms with Crippen LogP contribution in [0, 0.1) is 6.92 Å². The quantitative estimate of drug-likeness (QED) is 0.928. The van der Waals surface area contributed by atoms with Gasteiger partial charge in [-0.1, -0.05) is 17.7 Å². The minimum absolute atomic E-state index is 0.203. The molecule has 1 N–H and O–H groups in total. The Morgan fingerprint density at radius 3 is 2.00 bits per heavy atom. The molecule has 4 nitrogen and oxygen atoms in total. The summed E-state index contributed by atoms with van der Waals surface area (Å²) in [4.78, 5) is 12.2. The minimum Gasteiger partial charge on any atom is -0.497 e. The summed E-state index contributed by atoms with van der Waals surface area (Å²) in [5, 5.41) is 2.84. The van der Waals surface area contributed by atoms with Crippen LogP contribution >= 0.6 is 0 Å². The second-order valence-corrected chi connectivity index (χ2v) is 4.42. The summed E-state index contributed by atoms with van der Waals surface area (Å²) >= 11 is 0. The van der Waals surface area contributed by atoms with Gasteiger partial charge in [0.05, 0.1) is 14.2 Å². The molecule has 0 aromatic heterocycles. The Balaban J connectivity index is 2.22. The highest BCUT2D eigenvalue weighted by molar-refractivity contribution is 6.04. The lowest BCUT2D eigenvalue weighted by molar-refractivity contribution is 0.102. The van der Waals surface area contributed by atoms with Gasteiger partial charge in [0, 0.05) is 17.3 Å². The molecular formula is C16H17NO3. The molecule has 4 heteroatoms. The number of aryl methyl sites for hydroxylation is 1. The Morgan fingerprint density at radius 1 is 0.950 bits per heavy atom. The summed E-state index contributed by atoms with van der Waals surface area (Å²) in [7, 11) is 3.10. The van der Waals surface area contributed by atoms with Crippen molar-refractivity contribution in [3.63, 3.8) is 0 Å². The summed E-state index contributed by atoms with van der Waals surface area (Å²) in [6.07, 6.45) is 0. The average Bonchev–Trinajstić information content (AvgIpc) is 2.48. The number of carbonyl (C=O) groups is 1. The van der Waals surface area contributed by atoms with Gasteiger partial charge in [-0.05, 0) is 31.2 Å². The van der Waals surface area contributed by atoms with Crippen LogP contribution in [-0.2, 0) is 0 Å². The summed E-state index contributed by atoms with van der Waals surface area (Å²) in [5.74, 6) is 0.961. The highest BCUT2D eigenvalue weighted by Gasteiger charge is 2.10. The van der Waals surface area contributed by atoms with Gasteiger partial charge in [-0.3, -0.25) is 4.79 Å². The van der Waals surface area contributed by atoms with Gasteiger partial charge in [0.1, 0.15) is 11.5 Å². The zero-order valence-electron chi connectivity index (χ0n) is 11.8. The second kappa shape index (κ2) is 6.10. The van der Waals surface area contributed by atoms with Crippen molar-refractivity contribution in [1.82, 2.24) is 0 Å². The van der Waals surface area contributed by atoms with Gasteiger partial charge in [0.15, 0.2) is 0 Å². The van der Waals surface area contributed by atoms with Crippen molar-refractivity contribution in [3.05, 3.63) is 53.6 Å². The number of ether oxygens (including phenoxy) is 2. The number of benzene rings is 2. The molecule has 0 heterocycles. The standard InChI is InChI=1S/C16H17NO3/c1-11-4-6-13(7-5-11)17-16(18)12-8-14(19-2)10-15(9-12)20-3/h4-10H,1-3H3,(H,17,18). The molecule has 0 unspecified atom stereocenters. The van der Waals surface area contributed by atoms with Crippen molar-refractivity contribution < 1.29 is 14.3 Å². The van der Waals surface area contributed by atoms with Crippen LogP contribution in [0.3, 0.4) is 0 Å². The van der Waals surface area contributed by atoms with Crippen molar-refractivity contribution in [2.75, 3.05) is 19.5 Å².